The summed E-state index contributed by atoms with van der Waals surface area (Å²) < 4.78 is 38.2. The van der Waals surface area contributed by atoms with Crippen LogP contribution < -0.4 is 0 Å². The molecule has 0 aromatic heterocycles. The van der Waals surface area contributed by atoms with E-state index in [0.29, 0.717) is 16.7 Å². The Morgan fingerprint density at radius 1 is 0.815 bits per heavy atom. The molecule has 0 aliphatic heterocycles. The number of carbonyl (C=O) groups is 1. The topological polar surface area (TPSA) is 35.5 Å². The van der Waals surface area contributed by atoms with Gasteiger partial charge in [0, 0.05) is 0 Å². The van der Waals surface area contributed by atoms with Gasteiger partial charge >= 0.3 is 12.1 Å². The van der Waals surface area contributed by atoms with Crippen molar-refractivity contribution < 1.29 is 27.7 Å². The zero-order valence-electron chi connectivity index (χ0n) is 14.3. The van der Waals surface area contributed by atoms with Crippen molar-refractivity contribution in [2.24, 2.45) is 0 Å². The summed E-state index contributed by atoms with van der Waals surface area (Å²) in [6.07, 6.45) is -4.37. The molecule has 0 bridgehead atoms. The molecular formula is C21H15F3O3. The van der Waals surface area contributed by atoms with Gasteiger partial charge in [-0.3, -0.25) is 4.89 Å². The smallest absolute Gasteiger partial charge is 0.293 e. The lowest BCUT2D eigenvalue weighted by atomic mass is 9.95. The Balaban J connectivity index is 1.99. The number of hydrogen-bond donors (Lipinski definition) is 0. The molecule has 0 amide bonds. The summed E-state index contributed by atoms with van der Waals surface area (Å²) in [7, 11) is 1.24. The van der Waals surface area contributed by atoms with Crippen molar-refractivity contribution in [1.82, 2.24) is 0 Å². The Hall–Kier alpha value is -3.12. The minimum Gasteiger partial charge on any atom is -0.293 e. The lowest BCUT2D eigenvalue weighted by Crippen LogP contribution is -2.05. The summed E-state index contributed by atoms with van der Waals surface area (Å²) >= 11 is 0. The fourth-order valence-corrected chi connectivity index (χ4v) is 2.75. The summed E-state index contributed by atoms with van der Waals surface area (Å²) in [6.45, 7) is 0. The monoisotopic (exact) mass is 372 g/mol. The summed E-state index contributed by atoms with van der Waals surface area (Å²) in [4.78, 5) is 21.1. The summed E-state index contributed by atoms with van der Waals surface area (Å²) in [6, 6.07) is 19.0. The lowest BCUT2D eigenvalue weighted by Gasteiger charge is -2.11. The fourth-order valence-electron chi connectivity index (χ4n) is 2.75. The predicted molar refractivity (Wildman–Crippen MR) is 94.7 cm³/mol. The largest absolute Gasteiger partial charge is 0.416 e. The number of rotatable bonds is 4. The molecule has 0 unspecified atom stereocenters. The van der Waals surface area contributed by atoms with Gasteiger partial charge in [0.2, 0.25) is 0 Å². The van der Waals surface area contributed by atoms with Crippen LogP contribution in [0.2, 0.25) is 0 Å². The summed E-state index contributed by atoms with van der Waals surface area (Å²) in [5, 5.41) is 0. The molecule has 0 spiro atoms. The zero-order chi connectivity index (χ0) is 19.4. The van der Waals surface area contributed by atoms with E-state index in [4.69, 9.17) is 0 Å². The minimum atomic E-state index is -4.37. The third kappa shape index (κ3) is 4.17. The van der Waals surface area contributed by atoms with Crippen LogP contribution in [-0.2, 0) is 16.0 Å². The van der Waals surface area contributed by atoms with E-state index in [2.05, 4.69) is 9.78 Å². The molecule has 0 fully saturated rings. The molecule has 27 heavy (non-hydrogen) atoms. The first-order chi connectivity index (χ1) is 12.9. The van der Waals surface area contributed by atoms with Crippen molar-refractivity contribution >= 4 is 5.97 Å². The Morgan fingerprint density at radius 2 is 1.48 bits per heavy atom. The van der Waals surface area contributed by atoms with Crippen LogP contribution in [0.5, 0.6) is 0 Å². The maximum Gasteiger partial charge on any atom is 0.416 e. The van der Waals surface area contributed by atoms with Gasteiger partial charge in [0.15, 0.2) is 0 Å². The van der Waals surface area contributed by atoms with E-state index in [-0.39, 0.29) is 0 Å². The van der Waals surface area contributed by atoms with Gasteiger partial charge in [0.05, 0.1) is 18.2 Å². The van der Waals surface area contributed by atoms with Gasteiger partial charge in [-0.1, -0.05) is 48.5 Å². The number of benzene rings is 3. The van der Waals surface area contributed by atoms with Crippen molar-refractivity contribution in [2.75, 3.05) is 7.11 Å². The maximum atomic E-state index is 12.7. The van der Waals surface area contributed by atoms with Gasteiger partial charge in [-0.15, -0.1) is 0 Å². The van der Waals surface area contributed by atoms with Gasteiger partial charge < -0.3 is 0 Å². The van der Waals surface area contributed by atoms with E-state index in [0.717, 1.165) is 23.3 Å². The van der Waals surface area contributed by atoms with E-state index >= 15 is 0 Å². The number of alkyl halides is 3. The molecule has 0 aliphatic rings. The summed E-state index contributed by atoms with van der Waals surface area (Å²) in [5.74, 6) is -0.631. The van der Waals surface area contributed by atoms with Crippen molar-refractivity contribution in [1.29, 1.82) is 0 Å². The molecule has 0 N–H and O–H groups in total. The molecule has 0 aliphatic carbocycles. The standard InChI is InChI=1S/C21H15F3O3/c1-26-27-20(25)19-8-3-2-7-18(19)16-6-4-5-15(13-16)14-9-11-17(12-10-14)21(22,23)24/h2-13H,1H3. The van der Waals surface area contributed by atoms with Gasteiger partial charge in [0.25, 0.3) is 0 Å². The minimum absolute atomic E-state index is 0.323. The van der Waals surface area contributed by atoms with E-state index in [1.165, 1.54) is 19.2 Å². The third-order valence-corrected chi connectivity index (χ3v) is 4.03. The molecule has 0 atom stereocenters. The SMILES string of the molecule is COOC(=O)c1ccccc1-c1cccc(-c2ccc(C(F)(F)F)cc2)c1. The van der Waals surface area contributed by atoms with E-state index in [1.54, 1.807) is 36.4 Å². The number of hydrogen-bond acceptors (Lipinski definition) is 3. The molecule has 0 saturated heterocycles. The molecule has 3 rings (SSSR count). The highest BCUT2D eigenvalue weighted by atomic mass is 19.4. The molecule has 0 saturated carbocycles. The second kappa shape index (κ2) is 7.63. The Morgan fingerprint density at radius 3 is 2.15 bits per heavy atom. The Bertz CT molecular complexity index is 947. The van der Waals surface area contributed by atoms with E-state index < -0.39 is 17.7 Å². The van der Waals surface area contributed by atoms with Crippen LogP contribution in [0, 0.1) is 0 Å². The van der Waals surface area contributed by atoms with Crippen LogP contribution in [0.15, 0.2) is 72.8 Å². The third-order valence-electron chi connectivity index (χ3n) is 4.03. The number of carbonyl (C=O) groups excluding carboxylic acids is 1. The van der Waals surface area contributed by atoms with Gasteiger partial charge in [-0.05, 0) is 46.5 Å². The van der Waals surface area contributed by atoms with Crippen LogP contribution in [0.1, 0.15) is 15.9 Å². The normalized spacial score (nSPS) is 11.3. The molecule has 0 radical (unpaired) electrons. The molecule has 0 heterocycles. The summed E-state index contributed by atoms with van der Waals surface area (Å²) in [5.41, 5.74) is 2.36. The van der Waals surface area contributed by atoms with Crippen molar-refractivity contribution in [3.63, 3.8) is 0 Å². The van der Waals surface area contributed by atoms with Gasteiger partial charge in [-0.25, -0.2) is 4.79 Å². The highest BCUT2D eigenvalue weighted by Crippen LogP contribution is 2.32. The Kier molecular flexibility index (Phi) is 5.28. The predicted octanol–water partition coefficient (Wildman–Crippen LogP) is 5.76. The number of halogens is 3. The molecule has 3 nitrogen and oxygen atoms in total. The first kappa shape index (κ1) is 18.7. The molecule has 3 aromatic rings. The highest BCUT2D eigenvalue weighted by Gasteiger charge is 2.30. The molecular weight excluding hydrogens is 357 g/mol. The second-order valence-electron chi connectivity index (χ2n) is 5.74. The lowest BCUT2D eigenvalue weighted by molar-refractivity contribution is -0.216. The average Bonchev–Trinajstić information content (AvgIpc) is 2.68. The van der Waals surface area contributed by atoms with Crippen molar-refractivity contribution in [2.45, 2.75) is 6.18 Å². The van der Waals surface area contributed by atoms with Gasteiger partial charge in [-0.2, -0.15) is 18.1 Å². The fraction of sp³-hybridized carbons (Fsp3) is 0.0952. The Labute approximate surface area is 153 Å². The highest BCUT2D eigenvalue weighted by molar-refractivity contribution is 5.97. The van der Waals surface area contributed by atoms with Crippen LogP contribution in [0.25, 0.3) is 22.3 Å². The molecule has 6 heteroatoms. The van der Waals surface area contributed by atoms with Crippen molar-refractivity contribution in [3.05, 3.63) is 83.9 Å². The second-order valence-corrected chi connectivity index (χ2v) is 5.74. The zero-order valence-corrected chi connectivity index (χ0v) is 14.3. The first-order valence-electron chi connectivity index (χ1n) is 8.02. The molecule has 138 valence electrons. The molecule has 3 aromatic carbocycles. The van der Waals surface area contributed by atoms with E-state index in [1.807, 2.05) is 12.1 Å². The van der Waals surface area contributed by atoms with E-state index in [9.17, 15) is 18.0 Å². The van der Waals surface area contributed by atoms with Crippen LogP contribution in [0.3, 0.4) is 0 Å². The average molecular weight is 372 g/mol. The quantitative estimate of drug-likeness (QED) is 0.432. The van der Waals surface area contributed by atoms with Crippen molar-refractivity contribution in [3.8, 4) is 22.3 Å². The first-order valence-corrected chi connectivity index (χ1v) is 8.02. The van der Waals surface area contributed by atoms with Crippen LogP contribution in [0.4, 0.5) is 13.2 Å². The van der Waals surface area contributed by atoms with Gasteiger partial charge in [0.1, 0.15) is 0 Å². The van der Waals surface area contributed by atoms with Crippen LogP contribution >= 0.6 is 0 Å². The maximum absolute atomic E-state index is 12.7. The van der Waals surface area contributed by atoms with Crippen LogP contribution in [-0.4, -0.2) is 13.1 Å².